The highest BCUT2D eigenvalue weighted by Crippen LogP contribution is 2.44. The first-order chi connectivity index (χ1) is 12.9. The first-order valence-electron chi connectivity index (χ1n) is 8.70. The lowest BCUT2D eigenvalue weighted by molar-refractivity contribution is 0.673. The third kappa shape index (κ3) is 1.91. The minimum atomic E-state index is 0.965. The predicted octanol–water partition coefficient (Wildman–Crippen LogP) is 7.62. The summed E-state index contributed by atoms with van der Waals surface area (Å²) >= 11 is 1.83. The van der Waals surface area contributed by atoms with Crippen LogP contribution in [0.25, 0.3) is 53.2 Å². The predicted molar refractivity (Wildman–Crippen MR) is 112 cm³/mol. The summed E-state index contributed by atoms with van der Waals surface area (Å²) in [5.74, 6) is 0. The van der Waals surface area contributed by atoms with E-state index in [2.05, 4.69) is 72.8 Å². The van der Waals surface area contributed by atoms with E-state index in [1.165, 1.54) is 42.1 Å². The van der Waals surface area contributed by atoms with Crippen LogP contribution in [-0.4, -0.2) is 0 Å². The fraction of sp³-hybridized carbons (Fsp3) is 0. The summed E-state index contributed by atoms with van der Waals surface area (Å²) in [6.45, 7) is 0. The fourth-order valence-electron chi connectivity index (χ4n) is 3.81. The second-order valence-corrected chi connectivity index (χ2v) is 7.62. The molecule has 0 atom stereocenters. The van der Waals surface area contributed by atoms with Gasteiger partial charge < -0.3 is 4.42 Å². The van der Waals surface area contributed by atoms with Crippen LogP contribution < -0.4 is 0 Å². The lowest BCUT2D eigenvalue weighted by atomic mass is 10.0. The van der Waals surface area contributed by atoms with Crippen molar-refractivity contribution in [2.24, 2.45) is 0 Å². The summed E-state index contributed by atoms with van der Waals surface area (Å²) in [6.07, 6.45) is 0. The van der Waals surface area contributed by atoms with Gasteiger partial charge in [-0.05, 0) is 46.2 Å². The van der Waals surface area contributed by atoms with Crippen LogP contribution in [0.5, 0.6) is 0 Å². The molecule has 6 rings (SSSR count). The lowest BCUT2D eigenvalue weighted by Crippen LogP contribution is -1.79. The molecule has 0 aliphatic carbocycles. The van der Waals surface area contributed by atoms with Gasteiger partial charge in [-0.1, -0.05) is 60.7 Å². The number of para-hydroxylation sites is 1. The van der Waals surface area contributed by atoms with Gasteiger partial charge in [0.1, 0.15) is 5.58 Å². The quantitative estimate of drug-likeness (QED) is 0.297. The molecule has 0 amide bonds. The molecule has 1 nitrogen and oxygen atoms in total. The Bertz CT molecular complexity index is 1430. The normalized spacial score (nSPS) is 11.8. The number of furan rings is 1. The molecule has 6 aromatic rings. The van der Waals surface area contributed by atoms with Crippen molar-refractivity contribution in [1.82, 2.24) is 0 Å². The number of benzene rings is 4. The molecule has 122 valence electrons. The van der Waals surface area contributed by atoms with Crippen LogP contribution in [0.3, 0.4) is 0 Å². The average Bonchev–Trinajstić information content (AvgIpc) is 3.24. The van der Waals surface area contributed by atoms with Crippen molar-refractivity contribution in [2.75, 3.05) is 0 Å². The molecule has 0 unspecified atom stereocenters. The summed E-state index contributed by atoms with van der Waals surface area (Å²) in [6, 6.07) is 30.0. The Morgan fingerprint density at radius 2 is 1.42 bits per heavy atom. The summed E-state index contributed by atoms with van der Waals surface area (Å²) in [4.78, 5) is 0. The number of fused-ring (bicyclic) bond motifs is 6. The van der Waals surface area contributed by atoms with Crippen LogP contribution >= 0.6 is 11.3 Å². The number of rotatable bonds is 1. The van der Waals surface area contributed by atoms with E-state index >= 15 is 0 Å². The second-order valence-electron chi connectivity index (χ2n) is 6.60. The molecule has 0 radical (unpaired) electrons. The average molecular weight is 350 g/mol. The molecule has 4 aromatic carbocycles. The molecule has 0 spiro atoms. The van der Waals surface area contributed by atoms with Crippen molar-refractivity contribution in [1.29, 1.82) is 0 Å². The molecule has 2 heteroatoms. The second kappa shape index (κ2) is 5.20. The first kappa shape index (κ1) is 14.1. The zero-order valence-corrected chi connectivity index (χ0v) is 14.7. The highest BCUT2D eigenvalue weighted by molar-refractivity contribution is 7.27. The highest BCUT2D eigenvalue weighted by Gasteiger charge is 2.16. The van der Waals surface area contributed by atoms with Crippen LogP contribution in [-0.2, 0) is 0 Å². The number of hydrogen-bond acceptors (Lipinski definition) is 2. The molecular weight excluding hydrogens is 336 g/mol. The molecule has 0 saturated carbocycles. The summed E-state index contributed by atoms with van der Waals surface area (Å²) < 4.78 is 8.71. The molecule has 2 aromatic heterocycles. The van der Waals surface area contributed by atoms with E-state index in [1.807, 2.05) is 23.5 Å². The largest absolute Gasteiger partial charge is 0.454 e. The standard InChI is InChI=1S/C24H14OS/c1-2-7-16-14-17(13-12-15(16)6-1)18-9-5-10-20-22-24(26-23(18)20)19-8-3-4-11-21(19)25-22/h1-14H. The maximum atomic E-state index is 6.18. The van der Waals surface area contributed by atoms with E-state index in [9.17, 15) is 0 Å². The molecule has 0 bridgehead atoms. The summed E-state index contributed by atoms with van der Waals surface area (Å²) in [5, 5.41) is 4.95. The smallest absolute Gasteiger partial charge is 0.154 e. The number of hydrogen-bond donors (Lipinski definition) is 0. The Morgan fingerprint density at radius 1 is 0.615 bits per heavy atom. The van der Waals surface area contributed by atoms with Crippen molar-refractivity contribution >= 4 is 53.4 Å². The molecule has 0 saturated heterocycles. The van der Waals surface area contributed by atoms with Gasteiger partial charge in [-0.2, -0.15) is 0 Å². The van der Waals surface area contributed by atoms with Gasteiger partial charge in [0.05, 0.1) is 4.70 Å². The van der Waals surface area contributed by atoms with Crippen LogP contribution in [0, 0.1) is 0 Å². The van der Waals surface area contributed by atoms with E-state index < -0.39 is 0 Å². The highest BCUT2D eigenvalue weighted by atomic mass is 32.1. The minimum Gasteiger partial charge on any atom is -0.454 e. The maximum Gasteiger partial charge on any atom is 0.154 e. The fourth-order valence-corrected chi connectivity index (χ4v) is 5.11. The van der Waals surface area contributed by atoms with Crippen LogP contribution in [0.2, 0.25) is 0 Å². The van der Waals surface area contributed by atoms with Crippen molar-refractivity contribution in [2.45, 2.75) is 0 Å². The van der Waals surface area contributed by atoms with Crippen LogP contribution in [0.15, 0.2) is 89.3 Å². The first-order valence-corrected chi connectivity index (χ1v) is 9.52. The molecule has 26 heavy (non-hydrogen) atoms. The van der Waals surface area contributed by atoms with Gasteiger partial charge in [-0.3, -0.25) is 0 Å². The monoisotopic (exact) mass is 350 g/mol. The van der Waals surface area contributed by atoms with E-state index in [0.29, 0.717) is 0 Å². The van der Waals surface area contributed by atoms with Gasteiger partial charge in [-0.15, -0.1) is 11.3 Å². The summed E-state index contributed by atoms with van der Waals surface area (Å²) in [5.41, 5.74) is 4.50. The van der Waals surface area contributed by atoms with Crippen molar-refractivity contribution < 1.29 is 4.42 Å². The third-order valence-corrected chi connectivity index (χ3v) is 6.33. The van der Waals surface area contributed by atoms with Gasteiger partial charge in [0.15, 0.2) is 5.58 Å². The van der Waals surface area contributed by atoms with Gasteiger partial charge in [0, 0.05) is 15.5 Å². The number of thiophene rings is 1. The van der Waals surface area contributed by atoms with Gasteiger partial charge in [0.25, 0.3) is 0 Å². The van der Waals surface area contributed by atoms with Crippen LogP contribution in [0.1, 0.15) is 0 Å². The minimum absolute atomic E-state index is 0.965. The summed E-state index contributed by atoms with van der Waals surface area (Å²) in [7, 11) is 0. The molecule has 0 aliphatic rings. The van der Waals surface area contributed by atoms with Crippen molar-refractivity contribution in [3.63, 3.8) is 0 Å². The molecule has 0 aliphatic heterocycles. The van der Waals surface area contributed by atoms with E-state index in [-0.39, 0.29) is 0 Å². The molecule has 0 fully saturated rings. The Kier molecular flexibility index (Phi) is 2.82. The van der Waals surface area contributed by atoms with Gasteiger partial charge >= 0.3 is 0 Å². The third-order valence-electron chi connectivity index (χ3n) is 5.07. The maximum absolute atomic E-state index is 6.18. The zero-order valence-electron chi connectivity index (χ0n) is 13.9. The van der Waals surface area contributed by atoms with Crippen LogP contribution in [0.4, 0.5) is 0 Å². The lowest BCUT2D eigenvalue weighted by Gasteiger charge is -2.05. The SMILES string of the molecule is c1ccc2cc(-c3cccc4c3sc3c5ccccc5oc43)ccc2c1. The Balaban J connectivity index is 1.68. The van der Waals surface area contributed by atoms with E-state index in [0.717, 1.165) is 11.2 Å². The van der Waals surface area contributed by atoms with Crippen molar-refractivity contribution in [3.05, 3.63) is 84.9 Å². The molecule has 2 heterocycles. The Hall–Kier alpha value is -3.10. The topological polar surface area (TPSA) is 13.1 Å². The Morgan fingerprint density at radius 3 is 2.38 bits per heavy atom. The van der Waals surface area contributed by atoms with Gasteiger partial charge in [-0.25, -0.2) is 0 Å². The Labute approximate surface area is 154 Å². The molecular formula is C24H14OS. The van der Waals surface area contributed by atoms with Gasteiger partial charge in [0.2, 0.25) is 0 Å². The van der Waals surface area contributed by atoms with E-state index in [4.69, 9.17) is 4.42 Å². The van der Waals surface area contributed by atoms with Crippen molar-refractivity contribution in [3.8, 4) is 11.1 Å². The van der Waals surface area contributed by atoms with E-state index in [1.54, 1.807) is 0 Å². The zero-order chi connectivity index (χ0) is 17.1. The molecule has 0 N–H and O–H groups in total.